The van der Waals surface area contributed by atoms with E-state index in [4.69, 9.17) is 11.6 Å². The summed E-state index contributed by atoms with van der Waals surface area (Å²) < 4.78 is 0. The van der Waals surface area contributed by atoms with Crippen molar-refractivity contribution in [2.45, 2.75) is 6.10 Å². The Hall–Kier alpha value is -1.35. The van der Waals surface area contributed by atoms with E-state index in [2.05, 4.69) is 18.0 Å². The molecule has 2 rings (SSSR count). The van der Waals surface area contributed by atoms with Gasteiger partial charge in [0.25, 0.3) is 0 Å². The van der Waals surface area contributed by atoms with Gasteiger partial charge in [-0.1, -0.05) is 54.6 Å². The van der Waals surface area contributed by atoms with Crippen molar-refractivity contribution in [2.24, 2.45) is 0 Å². The number of nitrogens with one attached hydrogen (secondary N) is 1. The second kappa shape index (κ2) is 6.01. The minimum absolute atomic E-state index is 0.462. The van der Waals surface area contributed by atoms with Crippen LogP contribution in [0.1, 0.15) is 11.7 Å². The monoisotopic (exact) mass is 261 g/mol. The molecule has 1 atom stereocenters. The summed E-state index contributed by atoms with van der Waals surface area (Å²) in [5, 5.41) is 16.0. The quantitative estimate of drug-likeness (QED) is 0.866. The summed E-state index contributed by atoms with van der Waals surface area (Å²) in [6.07, 6.45) is -0.536. The lowest BCUT2D eigenvalue weighted by atomic mass is 10.0. The summed E-state index contributed by atoms with van der Waals surface area (Å²) in [6.45, 7) is 4.56. The molecular formula is C15H16ClNO. The van der Waals surface area contributed by atoms with Crippen LogP contribution in [0.5, 0.6) is 0 Å². The Kier molecular flexibility index (Phi) is 4.37. The summed E-state index contributed by atoms with van der Waals surface area (Å²) in [5.74, 6) is 0. The van der Waals surface area contributed by atoms with Crippen LogP contribution < -0.4 is 5.32 Å². The molecule has 1 unspecified atom stereocenters. The van der Waals surface area contributed by atoms with Crippen LogP contribution in [0.25, 0.3) is 10.8 Å². The van der Waals surface area contributed by atoms with Crippen molar-refractivity contribution in [3.05, 3.63) is 59.6 Å². The fourth-order valence-electron chi connectivity index (χ4n) is 1.88. The van der Waals surface area contributed by atoms with E-state index in [1.165, 1.54) is 5.39 Å². The van der Waals surface area contributed by atoms with Gasteiger partial charge in [0, 0.05) is 18.1 Å². The predicted octanol–water partition coefficient (Wildman–Crippen LogP) is 3.22. The average Bonchev–Trinajstić information content (AvgIpc) is 2.37. The van der Waals surface area contributed by atoms with Gasteiger partial charge < -0.3 is 10.4 Å². The molecule has 0 aliphatic carbocycles. The second-order valence-corrected chi connectivity index (χ2v) is 4.81. The van der Waals surface area contributed by atoms with Gasteiger partial charge in [0.1, 0.15) is 0 Å². The highest BCUT2D eigenvalue weighted by Gasteiger charge is 2.07. The van der Waals surface area contributed by atoms with Crippen molar-refractivity contribution < 1.29 is 5.11 Å². The molecule has 0 aliphatic rings. The molecule has 0 aliphatic heterocycles. The first kappa shape index (κ1) is 13.1. The molecule has 2 aromatic carbocycles. The highest BCUT2D eigenvalue weighted by molar-refractivity contribution is 6.29. The van der Waals surface area contributed by atoms with Crippen LogP contribution in [0, 0.1) is 0 Å². The van der Waals surface area contributed by atoms with Crippen LogP contribution in [0.3, 0.4) is 0 Å². The van der Waals surface area contributed by atoms with Gasteiger partial charge in [-0.05, 0) is 22.4 Å². The Bertz CT molecular complexity index is 553. The lowest BCUT2D eigenvalue weighted by Crippen LogP contribution is -2.22. The number of benzene rings is 2. The number of rotatable bonds is 5. The summed E-state index contributed by atoms with van der Waals surface area (Å²) in [6, 6.07) is 14.1. The molecule has 2 N–H and O–H groups in total. The zero-order valence-corrected chi connectivity index (χ0v) is 10.8. The van der Waals surface area contributed by atoms with Gasteiger partial charge in [-0.15, -0.1) is 0 Å². The molecule has 0 aromatic heterocycles. The number of aliphatic hydroxyl groups excluding tert-OH is 1. The number of halogens is 1. The molecule has 0 amide bonds. The van der Waals surface area contributed by atoms with Crippen molar-refractivity contribution >= 4 is 22.4 Å². The van der Waals surface area contributed by atoms with Crippen LogP contribution in [0.15, 0.2) is 54.1 Å². The SMILES string of the molecule is C=C(Cl)CNCC(O)c1ccc2ccccc2c1. The fraction of sp³-hybridized carbons (Fsp3) is 0.200. The number of fused-ring (bicyclic) bond motifs is 1. The highest BCUT2D eigenvalue weighted by Crippen LogP contribution is 2.20. The Morgan fingerprint density at radius 3 is 2.67 bits per heavy atom. The number of hydrogen-bond donors (Lipinski definition) is 2. The first-order valence-corrected chi connectivity index (χ1v) is 6.25. The van der Waals surface area contributed by atoms with Gasteiger partial charge in [0.05, 0.1) is 6.10 Å². The first-order chi connectivity index (χ1) is 8.66. The fourth-order valence-corrected chi connectivity index (χ4v) is 1.97. The van der Waals surface area contributed by atoms with E-state index in [0.29, 0.717) is 18.1 Å². The van der Waals surface area contributed by atoms with Crippen molar-refractivity contribution in [2.75, 3.05) is 13.1 Å². The molecule has 18 heavy (non-hydrogen) atoms. The molecule has 2 aromatic rings. The van der Waals surface area contributed by atoms with Crippen molar-refractivity contribution in [1.82, 2.24) is 5.32 Å². The Balaban J connectivity index is 2.08. The smallest absolute Gasteiger partial charge is 0.0914 e. The largest absolute Gasteiger partial charge is 0.387 e. The zero-order chi connectivity index (χ0) is 13.0. The molecule has 0 spiro atoms. The Morgan fingerprint density at radius 2 is 1.94 bits per heavy atom. The highest BCUT2D eigenvalue weighted by atomic mass is 35.5. The molecule has 0 bridgehead atoms. The molecule has 3 heteroatoms. The number of hydrogen-bond acceptors (Lipinski definition) is 2. The Labute approximate surface area is 112 Å². The molecule has 0 saturated heterocycles. The van der Waals surface area contributed by atoms with Crippen molar-refractivity contribution in [1.29, 1.82) is 0 Å². The van der Waals surface area contributed by atoms with E-state index in [1.807, 2.05) is 36.4 Å². The average molecular weight is 262 g/mol. The third kappa shape index (κ3) is 3.33. The van der Waals surface area contributed by atoms with E-state index in [-0.39, 0.29) is 0 Å². The second-order valence-electron chi connectivity index (χ2n) is 4.27. The minimum atomic E-state index is -0.536. The first-order valence-electron chi connectivity index (χ1n) is 5.87. The van der Waals surface area contributed by atoms with Crippen molar-refractivity contribution in [3.8, 4) is 0 Å². The maximum absolute atomic E-state index is 10.1. The van der Waals surface area contributed by atoms with Crippen molar-refractivity contribution in [3.63, 3.8) is 0 Å². The van der Waals surface area contributed by atoms with Crippen LogP contribution >= 0.6 is 11.6 Å². The van der Waals surface area contributed by atoms with E-state index in [1.54, 1.807) is 0 Å². The molecule has 0 fully saturated rings. The third-order valence-electron chi connectivity index (χ3n) is 2.81. The lowest BCUT2D eigenvalue weighted by Gasteiger charge is -2.12. The summed E-state index contributed by atoms with van der Waals surface area (Å²) in [5.41, 5.74) is 0.904. The van der Waals surface area contributed by atoms with Crippen LogP contribution in [0.2, 0.25) is 0 Å². The third-order valence-corrected chi connectivity index (χ3v) is 2.95. The maximum Gasteiger partial charge on any atom is 0.0914 e. The van der Waals surface area contributed by atoms with Gasteiger partial charge >= 0.3 is 0 Å². The summed E-state index contributed by atoms with van der Waals surface area (Å²) >= 11 is 5.65. The van der Waals surface area contributed by atoms with E-state index >= 15 is 0 Å². The van der Waals surface area contributed by atoms with Crippen LogP contribution in [-0.4, -0.2) is 18.2 Å². The maximum atomic E-state index is 10.1. The Morgan fingerprint density at radius 1 is 1.22 bits per heavy atom. The van der Waals surface area contributed by atoms with E-state index < -0.39 is 6.10 Å². The van der Waals surface area contributed by atoms with Crippen LogP contribution in [0.4, 0.5) is 0 Å². The van der Waals surface area contributed by atoms with Gasteiger partial charge in [-0.25, -0.2) is 0 Å². The summed E-state index contributed by atoms with van der Waals surface area (Å²) in [7, 11) is 0. The molecule has 0 saturated carbocycles. The number of aliphatic hydroxyl groups is 1. The zero-order valence-electron chi connectivity index (χ0n) is 10.1. The lowest BCUT2D eigenvalue weighted by molar-refractivity contribution is 0.176. The van der Waals surface area contributed by atoms with Crippen LogP contribution in [-0.2, 0) is 0 Å². The minimum Gasteiger partial charge on any atom is -0.387 e. The van der Waals surface area contributed by atoms with Gasteiger partial charge in [0.2, 0.25) is 0 Å². The molecule has 94 valence electrons. The van der Waals surface area contributed by atoms with E-state index in [9.17, 15) is 5.11 Å². The normalized spacial score (nSPS) is 12.6. The standard InChI is InChI=1S/C15H16ClNO/c1-11(16)9-17-10-15(18)14-7-6-12-4-2-3-5-13(12)8-14/h2-8,15,17-18H,1,9-10H2. The summed E-state index contributed by atoms with van der Waals surface area (Å²) in [4.78, 5) is 0. The molecule has 2 nitrogen and oxygen atoms in total. The molecule has 0 radical (unpaired) electrons. The van der Waals surface area contributed by atoms with Gasteiger partial charge in [-0.2, -0.15) is 0 Å². The van der Waals surface area contributed by atoms with E-state index in [0.717, 1.165) is 10.9 Å². The van der Waals surface area contributed by atoms with Gasteiger partial charge in [-0.3, -0.25) is 0 Å². The predicted molar refractivity (Wildman–Crippen MR) is 76.8 cm³/mol. The topological polar surface area (TPSA) is 32.3 Å². The molecule has 0 heterocycles. The van der Waals surface area contributed by atoms with Gasteiger partial charge in [0.15, 0.2) is 0 Å². The molecular weight excluding hydrogens is 246 g/mol.